The minimum Gasteiger partial charge on any atom is -0.490 e. The molecule has 2 aromatic carbocycles. The van der Waals surface area contributed by atoms with E-state index < -0.39 is 30.1 Å². The lowest BCUT2D eigenvalue weighted by Gasteiger charge is -2.31. The molecular formula is C28H38B6N4O7. The number of benzene rings is 2. The van der Waals surface area contributed by atoms with Crippen LogP contribution in [0, 0.1) is 0 Å². The minimum atomic E-state index is -0.593. The summed E-state index contributed by atoms with van der Waals surface area (Å²) in [6, 6.07) is 10.8. The number of fused-ring (bicyclic) bond motifs is 2. The van der Waals surface area contributed by atoms with Crippen LogP contribution in [0.3, 0.4) is 0 Å². The Morgan fingerprint density at radius 1 is 0.778 bits per heavy atom. The van der Waals surface area contributed by atoms with Crippen molar-refractivity contribution in [3.63, 3.8) is 0 Å². The van der Waals surface area contributed by atoms with E-state index in [4.69, 9.17) is 49.9 Å². The molecule has 0 spiro atoms. The van der Waals surface area contributed by atoms with Gasteiger partial charge in [0, 0.05) is 62.1 Å². The van der Waals surface area contributed by atoms with E-state index in [1.54, 1.807) is 23.1 Å². The van der Waals surface area contributed by atoms with Crippen LogP contribution in [-0.2, 0) is 14.3 Å². The van der Waals surface area contributed by atoms with Crippen molar-refractivity contribution in [2.24, 2.45) is 0 Å². The Labute approximate surface area is 272 Å². The van der Waals surface area contributed by atoms with Crippen LogP contribution in [0.15, 0.2) is 36.4 Å². The summed E-state index contributed by atoms with van der Waals surface area (Å²) in [7, 11) is 21.7. The van der Waals surface area contributed by atoms with Crippen molar-refractivity contribution >= 4 is 85.1 Å². The molecule has 17 heteroatoms. The average Bonchev–Trinajstić information content (AvgIpc) is 2.95. The predicted molar refractivity (Wildman–Crippen MR) is 185 cm³/mol. The molecule has 2 N–H and O–H groups in total. The lowest BCUT2D eigenvalue weighted by Crippen LogP contribution is -2.41. The van der Waals surface area contributed by atoms with Crippen LogP contribution in [0.2, 0.25) is 0 Å². The number of hydrogen-bond donors (Lipinski definition) is 2. The smallest absolute Gasteiger partial charge is 0.415 e. The van der Waals surface area contributed by atoms with Crippen molar-refractivity contribution in [3.05, 3.63) is 36.4 Å². The van der Waals surface area contributed by atoms with Crippen LogP contribution >= 0.6 is 0 Å². The molecular weight excluding hydrogens is 569 g/mol. The van der Waals surface area contributed by atoms with E-state index in [1.165, 1.54) is 4.90 Å². The number of amides is 3. The molecule has 11 nitrogen and oxygen atoms in total. The Kier molecular flexibility index (Phi) is 13.7. The Morgan fingerprint density at radius 3 is 1.53 bits per heavy atom. The van der Waals surface area contributed by atoms with Gasteiger partial charge in [0.25, 0.3) is 0 Å². The monoisotopic (exact) mass is 608 g/mol. The van der Waals surface area contributed by atoms with E-state index in [9.17, 15) is 14.4 Å². The molecule has 0 aromatic heterocycles. The summed E-state index contributed by atoms with van der Waals surface area (Å²) in [5.74, 6) is 1.30. The van der Waals surface area contributed by atoms with E-state index >= 15 is 0 Å². The van der Waals surface area contributed by atoms with Crippen LogP contribution in [0.25, 0.3) is 0 Å². The predicted octanol–water partition coefficient (Wildman–Crippen LogP) is 2.97. The van der Waals surface area contributed by atoms with Gasteiger partial charge in [-0.2, -0.15) is 0 Å². The number of carbonyl (C=O) groups excluding carboxylic acids is 3. The third-order valence-electron chi connectivity index (χ3n) is 5.83. The molecule has 0 fully saturated rings. The van der Waals surface area contributed by atoms with Crippen molar-refractivity contribution in [1.82, 2.24) is 0 Å². The highest BCUT2D eigenvalue weighted by Crippen LogP contribution is 2.36. The first-order valence-corrected chi connectivity index (χ1v) is 14.4. The van der Waals surface area contributed by atoms with Gasteiger partial charge >= 0.3 is 12.2 Å². The Hall–Kier alpha value is -3.76. The van der Waals surface area contributed by atoms with Gasteiger partial charge in [-0.1, -0.05) is 0 Å². The quantitative estimate of drug-likeness (QED) is 0.403. The number of anilines is 4. The van der Waals surface area contributed by atoms with Gasteiger partial charge in [0.05, 0.1) is 24.5 Å². The van der Waals surface area contributed by atoms with Gasteiger partial charge in [-0.05, 0) is 77.9 Å². The number of rotatable bonds is 4. The van der Waals surface area contributed by atoms with E-state index in [0.717, 1.165) is 11.4 Å². The highest BCUT2D eigenvalue weighted by molar-refractivity contribution is 7.76. The molecule has 0 unspecified atom stereocenters. The first kappa shape index (κ1) is 37.4. The third kappa shape index (κ3) is 12.3. The van der Waals surface area contributed by atoms with Crippen molar-refractivity contribution < 1.29 is 33.3 Å². The molecule has 0 aliphatic carbocycles. The summed E-state index contributed by atoms with van der Waals surface area (Å²) in [6.07, 6.45) is -1.37. The number of hydrogen-bond acceptors (Lipinski definition) is 8. The fraction of sp³-hybridized carbons (Fsp3) is 0.464. The summed E-state index contributed by atoms with van der Waals surface area (Å²) in [4.78, 5) is 38.0. The van der Waals surface area contributed by atoms with E-state index in [1.807, 2.05) is 66.8 Å². The van der Waals surface area contributed by atoms with Gasteiger partial charge in [-0.25, -0.2) is 9.59 Å². The molecule has 0 saturated heterocycles. The van der Waals surface area contributed by atoms with Gasteiger partial charge in [0.2, 0.25) is 6.41 Å². The Balaban J connectivity index is 0.000000266. The van der Waals surface area contributed by atoms with E-state index in [0.29, 0.717) is 55.6 Å². The van der Waals surface area contributed by atoms with Gasteiger partial charge in [-0.15, -0.1) is 0 Å². The lowest BCUT2D eigenvalue weighted by molar-refractivity contribution is -0.105. The molecule has 0 saturated carbocycles. The molecule has 2 aromatic rings. The number of carbonyl (C=O) groups is 3. The highest BCUT2D eigenvalue weighted by Gasteiger charge is 2.29. The molecule has 8 radical (unpaired) electrons. The number of ether oxygens (including phenoxy) is 4. The number of nitrogens with zero attached hydrogens (tertiary/aromatic N) is 2. The summed E-state index contributed by atoms with van der Waals surface area (Å²) >= 11 is 0. The van der Waals surface area contributed by atoms with Gasteiger partial charge < -0.3 is 29.6 Å². The Morgan fingerprint density at radius 2 is 1.18 bits per heavy atom. The zero-order valence-electron chi connectivity index (χ0n) is 27.1. The molecule has 0 atom stereocenters. The van der Waals surface area contributed by atoms with Gasteiger partial charge in [0.1, 0.15) is 35.9 Å². The second-order valence-corrected chi connectivity index (χ2v) is 12.0. The summed E-state index contributed by atoms with van der Waals surface area (Å²) in [5.41, 5.74) is 1.80. The first-order valence-electron chi connectivity index (χ1n) is 14.4. The van der Waals surface area contributed by atoms with Crippen LogP contribution in [-0.4, -0.2) is 107 Å². The maximum atomic E-state index is 12.2. The van der Waals surface area contributed by atoms with Crippen molar-refractivity contribution in [2.45, 2.75) is 52.7 Å². The molecule has 2 aliphatic heterocycles. The second-order valence-electron chi connectivity index (χ2n) is 12.0. The summed E-state index contributed by atoms with van der Waals surface area (Å²) in [6.45, 7) is 12.8. The topological polar surface area (TPSA) is 119 Å². The molecule has 0 bridgehead atoms. The average molecular weight is 608 g/mol. The zero-order valence-corrected chi connectivity index (χ0v) is 27.1. The van der Waals surface area contributed by atoms with Crippen LogP contribution < -0.4 is 29.9 Å². The fourth-order valence-electron chi connectivity index (χ4n) is 3.76. The lowest BCUT2D eigenvalue weighted by atomic mass is 8.81. The van der Waals surface area contributed by atoms with Gasteiger partial charge in [0.15, 0.2) is 0 Å². The van der Waals surface area contributed by atoms with E-state index in [2.05, 4.69) is 10.6 Å². The molecule has 45 heavy (non-hydrogen) atoms. The van der Waals surface area contributed by atoms with Crippen LogP contribution in [0.1, 0.15) is 41.5 Å². The van der Waals surface area contributed by atoms with Crippen LogP contribution in [0.4, 0.5) is 32.3 Å². The first-order chi connectivity index (χ1) is 21.0. The maximum absolute atomic E-state index is 12.2. The standard InChI is InChI=1S/C14H18N2O4.C14H20N2O3.B6/c1-14(2,3)20-13(18)16-6-7-19-12-5-4-10(15-9-17)8-11(12)16;1-14(2,3)19-13(17)16-7-8-18-12-6-5-10(15-4)9-11(12)16;1-5(2)6(3)4/h4-5,8-9H,6-7H2,1-3H3,(H,15,17);5-6,9,15H,7-8H2,1-4H3;. The van der Waals surface area contributed by atoms with Crippen molar-refractivity contribution in [3.8, 4) is 11.5 Å². The Bertz CT molecular complexity index is 1300. The molecule has 4 rings (SSSR count). The SMILES string of the molecule is CC(C)(C)OC(=O)N1CCOc2ccc(NC=O)cc21.CNc1ccc2c(c1)N(C(=O)OC(C)(C)C)CCO2.[B]B([B])B([B])[B]. The molecule has 3 amide bonds. The van der Waals surface area contributed by atoms with E-state index in [-0.39, 0.29) is 6.09 Å². The highest BCUT2D eigenvalue weighted by atomic mass is 16.6. The minimum absolute atomic E-state index is 0.342. The van der Waals surface area contributed by atoms with Crippen LogP contribution in [0.5, 0.6) is 11.5 Å². The zero-order chi connectivity index (χ0) is 33.9. The normalized spacial score (nSPS) is 13.3. The molecule has 2 aliphatic rings. The second kappa shape index (κ2) is 16.5. The maximum Gasteiger partial charge on any atom is 0.415 e. The third-order valence-corrected chi connectivity index (χ3v) is 5.83. The van der Waals surface area contributed by atoms with Crippen molar-refractivity contribution in [1.29, 1.82) is 0 Å². The fourth-order valence-corrected chi connectivity index (χ4v) is 3.76. The number of nitrogens with one attached hydrogen (secondary N) is 2. The largest absolute Gasteiger partial charge is 0.490 e. The van der Waals surface area contributed by atoms with Gasteiger partial charge in [-0.3, -0.25) is 14.6 Å². The summed E-state index contributed by atoms with van der Waals surface area (Å²) in [5, 5.41) is 5.60. The molecule has 230 valence electrons. The van der Waals surface area contributed by atoms with Crippen molar-refractivity contribution in [2.75, 3.05) is 53.8 Å². The summed E-state index contributed by atoms with van der Waals surface area (Å²) < 4.78 is 21.9. The molecule has 2 heterocycles.